The summed E-state index contributed by atoms with van der Waals surface area (Å²) in [6, 6.07) is 6.84. The predicted octanol–water partition coefficient (Wildman–Crippen LogP) is 2.82. The lowest BCUT2D eigenvalue weighted by molar-refractivity contribution is 0.0981. The van der Waals surface area contributed by atoms with E-state index >= 15 is 0 Å². The Labute approximate surface area is 243 Å². The minimum atomic E-state index is -0.631. The average molecular weight is 567 g/mol. The van der Waals surface area contributed by atoms with E-state index in [4.69, 9.17) is 15.5 Å². The van der Waals surface area contributed by atoms with Crippen molar-refractivity contribution in [2.24, 2.45) is 5.73 Å². The van der Waals surface area contributed by atoms with Crippen LogP contribution < -0.4 is 26.0 Å². The van der Waals surface area contributed by atoms with E-state index in [1.54, 1.807) is 7.11 Å². The van der Waals surface area contributed by atoms with E-state index in [0.717, 1.165) is 94.9 Å². The van der Waals surface area contributed by atoms with E-state index in [2.05, 4.69) is 43.4 Å². The van der Waals surface area contributed by atoms with E-state index < -0.39 is 5.91 Å². The molecular formula is C30H46N8O3. The van der Waals surface area contributed by atoms with Gasteiger partial charge in [0.05, 0.1) is 24.6 Å². The Balaban J connectivity index is 1.30. The number of carbonyl (C=O) groups is 1. The first-order valence-corrected chi connectivity index (χ1v) is 15.1. The minimum Gasteiger partial charge on any atom is -0.495 e. The van der Waals surface area contributed by atoms with Gasteiger partial charge in [-0.3, -0.25) is 9.69 Å². The van der Waals surface area contributed by atoms with Gasteiger partial charge in [0.15, 0.2) is 11.5 Å². The van der Waals surface area contributed by atoms with E-state index in [9.17, 15) is 9.90 Å². The quantitative estimate of drug-likeness (QED) is 0.359. The fraction of sp³-hybridized carbons (Fsp3) is 0.633. The maximum atomic E-state index is 12.4. The van der Waals surface area contributed by atoms with Crippen molar-refractivity contribution in [3.63, 3.8) is 0 Å². The van der Waals surface area contributed by atoms with Crippen LogP contribution in [0.3, 0.4) is 0 Å². The van der Waals surface area contributed by atoms with Crippen molar-refractivity contribution in [2.75, 3.05) is 69.0 Å². The molecule has 2 aliphatic heterocycles. The van der Waals surface area contributed by atoms with Crippen molar-refractivity contribution in [1.29, 1.82) is 0 Å². The maximum absolute atomic E-state index is 12.4. The molecule has 5 rings (SSSR count). The number of aryl methyl sites for hydroxylation is 1. The van der Waals surface area contributed by atoms with Crippen LogP contribution in [0.4, 0.5) is 23.0 Å². The number of hydrogen-bond donors (Lipinski definition) is 4. The number of nitrogens with one attached hydrogen (secondary N) is 2. The Kier molecular flexibility index (Phi) is 9.46. The van der Waals surface area contributed by atoms with Crippen molar-refractivity contribution in [2.45, 2.75) is 70.1 Å². The molecule has 1 aromatic heterocycles. The number of nitrogens with zero attached hydrogens (tertiary/aromatic N) is 5. The molecule has 1 aromatic carbocycles. The summed E-state index contributed by atoms with van der Waals surface area (Å²) >= 11 is 0. The van der Waals surface area contributed by atoms with Crippen molar-refractivity contribution < 1.29 is 14.6 Å². The van der Waals surface area contributed by atoms with Gasteiger partial charge < -0.3 is 36.0 Å². The summed E-state index contributed by atoms with van der Waals surface area (Å²) in [4.78, 5) is 29.2. The fourth-order valence-electron chi connectivity index (χ4n) is 6.32. The van der Waals surface area contributed by atoms with Crippen molar-refractivity contribution in [1.82, 2.24) is 19.8 Å². The lowest BCUT2D eigenvalue weighted by atomic mass is 9.93. The molecule has 11 heteroatoms. The third-order valence-electron chi connectivity index (χ3n) is 8.88. The van der Waals surface area contributed by atoms with Crippen LogP contribution >= 0.6 is 0 Å². The van der Waals surface area contributed by atoms with Gasteiger partial charge in [0, 0.05) is 63.1 Å². The highest BCUT2D eigenvalue weighted by atomic mass is 16.5. The van der Waals surface area contributed by atoms with Gasteiger partial charge in [-0.1, -0.05) is 6.92 Å². The highest BCUT2D eigenvalue weighted by Crippen LogP contribution is 2.35. The minimum absolute atomic E-state index is 0.112. The van der Waals surface area contributed by atoms with Gasteiger partial charge in [-0.05, 0) is 64.1 Å². The van der Waals surface area contributed by atoms with Gasteiger partial charge in [0.2, 0.25) is 0 Å². The number of methoxy groups -OCH3 is 1. The first kappa shape index (κ1) is 29.3. The molecule has 5 N–H and O–H groups in total. The Morgan fingerprint density at radius 3 is 2.37 bits per heavy atom. The number of aliphatic hydroxyl groups excluding tert-OH is 1. The molecule has 0 bridgehead atoms. The van der Waals surface area contributed by atoms with Gasteiger partial charge in [-0.25, -0.2) is 9.97 Å². The third kappa shape index (κ3) is 7.02. The molecule has 3 fully saturated rings. The van der Waals surface area contributed by atoms with Crippen LogP contribution in [0.15, 0.2) is 18.2 Å². The van der Waals surface area contributed by atoms with Crippen molar-refractivity contribution >= 4 is 28.9 Å². The number of carbonyl (C=O) groups excluding carboxylic acids is 1. The summed E-state index contributed by atoms with van der Waals surface area (Å²) in [5, 5.41) is 16.7. The first-order chi connectivity index (χ1) is 19.8. The van der Waals surface area contributed by atoms with Crippen LogP contribution in [-0.2, 0) is 6.42 Å². The van der Waals surface area contributed by atoms with Crippen molar-refractivity contribution in [3.05, 3.63) is 29.6 Å². The van der Waals surface area contributed by atoms with Crippen LogP contribution in [0.1, 0.15) is 61.6 Å². The summed E-state index contributed by atoms with van der Waals surface area (Å²) in [7, 11) is 3.89. The van der Waals surface area contributed by atoms with Crippen LogP contribution in [0.5, 0.6) is 5.75 Å². The Bertz CT molecular complexity index is 1190. The van der Waals surface area contributed by atoms with E-state index in [1.807, 2.05) is 19.1 Å². The zero-order valence-corrected chi connectivity index (χ0v) is 24.7. The molecule has 1 saturated carbocycles. The summed E-state index contributed by atoms with van der Waals surface area (Å²) < 4.78 is 5.82. The van der Waals surface area contributed by atoms with Crippen LogP contribution in [0, 0.1) is 0 Å². The predicted molar refractivity (Wildman–Crippen MR) is 162 cm³/mol. The molecule has 0 unspecified atom stereocenters. The Morgan fingerprint density at radius 2 is 1.73 bits per heavy atom. The van der Waals surface area contributed by atoms with E-state index in [0.29, 0.717) is 29.8 Å². The molecule has 0 radical (unpaired) electrons. The number of nitrogens with two attached hydrogens (primary N) is 1. The highest BCUT2D eigenvalue weighted by molar-refractivity contribution is 5.96. The Morgan fingerprint density at radius 1 is 1.02 bits per heavy atom. The number of ether oxygens (including phenoxy) is 1. The first-order valence-electron chi connectivity index (χ1n) is 15.1. The molecule has 41 heavy (non-hydrogen) atoms. The molecule has 0 atom stereocenters. The molecule has 2 aromatic rings. The summed E-state index contributed by atoms with van der Waals surface area (Å²) in [5.41, 5.74) is 8.34. The normalized spacial score (nSPS) is 22.9. The number of piperidine rings is 1. The molecule has 0 spiro atoms. The largest absolute Gasteiger partial charge is 0.495 e. The smallest absolute Gasteiger partial charge is 0.271 e. The molecule has 3 heterocycles. The molecule has 2 saturated heterocycles. The number of benzene rings is 1. The second-order valence-electron chi connectivity index (χ2n) is 11.7. The zero-order chi connectivity index (χ0) is 28.9. The van der Waals surface area contributed by atoms with E-state index in [-0.39, 0.29) is 17.8 Å². The number of primary amides is 1. The molecule has 1 aliphatic carbocycles. The summed E-state index contributed by atoms with van der Waals surface area (Å²) in [6.45, 7) is 8.56. The number of aromatic nitrogens is 2. The standard InChI is InChI=1S/C30H46N8O3/c1-4-24-29(32-20-5-8-23(39)9-6-20)35-30(27(34-24)28(31)40)33-21-7-10-25(26(19-21)41-3)38-13-11-22(12-14-38)37-17-15-36(2)16-18-37/h7,10,19-20,22-23,39H,4-6,8-9,11-18H2,1-3H3,(H2,31,40)(H2,32,33,35)/t20-,23-. The number of anilines is 4. The second-order valence-corrected chi connectivity index (χ2v) is 11.7. The number of amides is 1. The summed E-state index contributed by atoms with van der Waals surface area (Å²) in [5.74, 6) is 1.10. The zero-order valence-electron chi connectivity index (χ0n) is 24.7. The molecule has 224 valence electrons. The number of aliphatic hydroxyl groups is 1. The lowest BCUT2D eigenvalue weighted by Gasteiger charge is -2.42. The number of piperazine rings is 1. The number of likely N-dealkylation sites (N-methyl/N-ethyl adjacent to an activating group) is 1. The van der Waals surface area contributed by atoms with E-state index in [1.165, 1.54) is 0 Å². The summed E-state index contributed by atoms with van der Waals surface area (Å²) in [6.07, 6.45) is 5.90. The van der Waals surface area contributed by atoms with Crippen molar-refractivity contribution in [3.8, 4) is 5.75 Å². The van der Waals surface area contributed by atoms with Gasteiger partial charge in [0.1, 0.15) is 11.6 Å². The van der Waals surface area contributed by atoms with Gasteiger partial charge in [-0.2, -0.15) is 0 Å². The highest BCUT2D eigenvalue weighted by Gasteiger charge is 2.28. The fourth-order valence-corrected chi connectivity index (χ4v) is 6.32. The number of hydrogen-bond acceptors (Lipinski definition) is 10. The molecule has 11 nitrogen and oxygen atoms in total. The Hall–Kier alpha value is -3.15. The van der Waals surface area contributed by atoms with Gasteiger partial charge in [0.25, 0.3) is 5.91 Å². The average Bonchev–Trinajstić information content (AvgIpc) is 2.99. The van der Waals surface area contributed by atoms with Crippen LogP contribution in [0.2, 0.25) is 0 Å². The third-order valence-corrected chi connectivity index (χ3v) is 8.88. The van der Waals surface area contributed by atoms with Gasteiger partial charge >= 0.3 is 0 Å². The number of rotatable bonds is 9. The van der Waals surface area contributed by atoms with Gasteiger partial charge in [-0.15, -0.1) is 0 Å². The maximum Gasteiger partial charge on any atom is 0.271 e. The van der Waals surface area contributed by atoms with Crippen LogP contribution in [0.25, 0.3) is 0 Å². The molecule has 3 aliphatic rings. The van der Waals surface area contributed by atoms with Crippen LogP contribution in [-0.4, -0.2) is 102 Å². The lowest BCUT2D eigenvalue weighted by Crippen LogP contribution is -2.52. The second kappa shape index (κ2) is 13.2. The topological polar surface area (TPSA) is 132 Å². The monoisotopic (exact) mass is 566 g/mol. The molecular weight excluding hydrogens is 520 g/mol. The SMILES string of the molecule is CCc1nc(C(N)=O)c(Nc2ccc(N3CCC(N4CCN(C)CC4)CC3)c(OC)c2)nc1N[C@H]1CC[C@H](O)CC1. The molecule has 1 amide bonds.